The van der Waals surface area contributed by atoms with Crippen LogP contribution in [0.1, 0.15) is 43.4 Å². The summed E-state index contributed by atoms with van der Waals surface area (Å²) in [6.07, 6.45) is -4.87. The molecule has 0 aliphatic rings. The van der Waals surface area contributed by atoms with E-state index in [1.54, 1.807) is 31.4 Å². The third-order valence-electron chi connectivity index (χ3n) is 5.65. The minimum Gasteiger partial charge on any atom is -0.380 e. The summed E-state index contributed by atoms with van der Waals surface area (Å²) < 4.78 is 61.6. The van der Waals surface area contributed by atoms with Crippen molar-refractivity contribution in [3.8, 4) is 0 Å². The van der Waals surface area contributed by atoms with Crippen LogP contribution in [-0.2, 0) is 24.1 Å². The second kappa shape index (κ2) is 9.97. The predicted molar refractivity (Wildman–Crippen MR) is 126 cm³/mol. The number of methoxy groups -OCH3 is 1. The zero-order valence-corrected chi connectivity index (χ0v) is 19.7. The number of anilines is 1. The van der Waals surface area contributed by atoms with Crippen molar-refractivity contribution >= 4 is 28.4 Å². The Balaban J connectivity index is 1.73. The molecule has 2 heterocycles. The first kappa shape index (κ1) is 25.8. The summed E-state index contributed by atoms with van der Waals surface area (Å²) in [6.45, 7) is 1.80. The van der Waals surface area contributed by atoms with Crippen molar-refractivity contribution in [2.75, 3.05) is 12.4 Å². The van der Waals surface area contributed by atoms with E-state index in [0.717, 1.165) is 28.4 Å². The number of rotatable bonds is 7. The quantitative estimate of drug-likeness (QED) is 0.354. The van der Waals surface area contributed by atoms with Gasteiger partial charge in [0.2, 0.25) is 0 Å². The molecule has 3 N–H and O–H groups in total. The number of ether oxygens (including phenoxy) is 1. The Morgan fingerprint density at radius 2 is 1.76 bits per heavy atom. The molecule has 37 heavy (non-hydrogen) atoms. The molecule has 0 fully saturated rings. The van der Waals surface area contributed by atoms with Gasteiger partial charge in [0.25, 0.3) is 11.8 Å². The Bertz CT molecular complexity index is 1500. The number of aromatic nitrogens is 3. The van der Waals surface area contributed by atoms with Crippen LogP contribution in [0.4, 0.5) is 23.2 Å². The number of nitrogens with one attached hydrogen (secondary N) is 1. The monoisotopic (exact) mass is 515 g/mol. The highest BCUT2D eigenvalue weighted by molar-refractivity contribution is 6.14. The second-order valence-electron chi connectivity index (χ2n) is 8.25. The summed E-state index contributed by atoms with van der Waals surface area (Å²) in [7, 11) is 1.55. The number of carbonyl (C=O) groups excluding carboxylic acids is 2. The molecule has 0 spiro atoms. The molecule has 0 aliphatic heterocycles. The average molecular weight is 515 g/mol. The van der Waals surface area contributed by atoms with Crippen molar-refractivity contribution in [2.24, 2.45) is 5.73 Å². The van der Waals surface area contributed by atoms with Gasteiger partial charge in [-0.25, -0.2) is 9.37 Å². The summed E-state index contributed by atoms with van der Waals surface area (Å²) in [5.74, 6) is -2.64. The third kappa shape index (κ3) is 5.43. The van der Waals surface area contributed by atoms with Crippen LogP contribution < -0.4 is 11.1 Å². The Hall–Kier alpha value is -4.32. The zero-order valence-electron chi connectivity index (χ0n) is 19.7. The van der Waals surface area contributed by atoms with Crippen LogP contribution in [-0.4, -0.2) is 33.7 Å². The molecule has 0 bridgehead atoms. The topological polar surface area (TPSA) is 112 Å². The average Bonchev–Trinajstić information content (AvgIpc) is 3.14. The van der Waals surface area contributed by atoms with Crippen molar-refractivity contribution in [1.29, 1.82) is 0 Å². The number of hydrogen-bond donors (Lipinski definition) is 2. The SMILES string of the molecule is COCc1ccc(Cn2nc(C(F)(F)F)c(NC(=O)c3cc(C(N)=O)nc4cc(F)ccc34)c2C)cc1. The fourth-order valence-electron chi connectivity index (χ4n) is 3.83. The number of primary amides is 1. The van der Waals surface area contributed by atoms with Crippen molar-refractivity contribution in [3.63, 3.8) is 0 Å². The minimum atomic E-state index is -4.87. The predicted octanol–water partition coefficient (Wildman–Crippen LogP) is 4.44. The van der Waals surface area contributed by atoms with Gasteiger partial charge in [-0.15, -0.1) is 0 Å². The van der Waals surface area contributed by atoms with Crippen LogP contribution in [0, 0.1) is 12.7 Å². The van der Waals surface area contributed by atoms with Crippen molar-refractivity contribution < 1.29 is 31.9 Å². The number of halogens is 4. The molecule has 4 aromatic rings. The van der Waals surface area contributed by atoms with Gasteiger partial charge in [0, 0.05) is 18.6 Å². The minimum absolute atomic E-state index is 0.0152. The highest BCUT2D eigenvalue weighted by atomic mass is 19.4. The van der Waals surface area contributed by atoms with Gasteiger partial charge in [-0.1, -0.05) is 24.3 Å². The maximum absolute atomic E-state index is 13.9. The summed E-state index contributed by atoms with van der Waals surface area (Å²) in [5.41, 5.74) is 4.49. The lowest BCUT2D eigenvalue weighted by molar-refractivity contribution is -0.140. The van der Waals surface area contributed by atoms with Crippen LogP contribution >= 0.6 is 0 Å². The number of nitrogens with two attached hydrogens (primary N) is 1. The molecule has 2 aromatic carbocycles. The van der Waals surface area contributed by atoms with E-state index in [9.17, 15) is 27.2 Å². The highest BCUT2D eigenvalue weighted by Gasteiger charge is 2.39. The molecule has 12 heteroatoms. The third-order valence-corrected chi connectivity index (χ3v) is 5.65. The maximum atomic E-state index is 13.9. The Morgan fingerprint density at radius 3 is 2.38 bits per heavy atom. The summed E-state index contributed by atoms with van der Waals surface area (Å²) in [5, 5.41) is 6.12. The Morgan fingerprint density at radius 1 is 1.08 bits per heavy atom. The molecule has 4 rings (SSSR count). The van der Waals surface area contributed by atoms with Crippen molar-refractivity contribution in [1.82, 2.24) is 14.8 Å². The summed E-state index contributed by atoms with van der Waals surface area (Å²) in [6, 6.07) is 11.4. The first-order valence-corrected chi connectivity index (χ1v) is 10.9. The molecule has 2 amide bonds. The maximum Gasteiger partial charge on any atom is 0.437 e. The van der Waals surface area contributed by atoms with E-state index >= 15 is 0 Å². The number of nitrogens with zero attached hydrogens (tertiary/aromatic N) is 3. The van der Waals surface area contributed by atoms with Gasteiger partial charge in [0.15, 0.2) is 5.69 Å². The van der Waals surface area contributed by atoms with Crippen LogP contribution in [0.2, 0.25) is 0 Å². The smallest absolute Gasteiger partial charge is 0.380 e. The first-order valence-electron chi connectivity index (χ1n) is 10.9. The first-order chi connectivity index (χ1) is 17.5. The van der Waals surface area contributed by atoms with E-state index in [2.05, 4.69) is 15.4 Å². The largest absolute Gasteiger partial charge is 0.437 e. The molecular weight excluding hydrogens is 494 g/mol. The fraction of sp³-hybridized carbons (Fsp3) is 0.200. The molecule has 0 atom stereocenters. The lowest BCUT2D eigenvalue weighted by atomic mass is 10.1. The van der Waals surface area contributed by atoms with Gasteiger partial charge in [0.1, 0.15) is 11.5 Å². The van der Waals surface area contributed by atoms with Crippen LogP contribution in [0.3, 0.4) is 0 Å². The summed E-state index contributed by atoms with van der Waals surface area (Å²) in [4.78, 5) is 28.8. The normalized spacial score (nSPS) is 11.6. The Kier molecular flexibility index (Phi) is 6.94. The molecule has 192 valence electrons. The summed E-state index contributed by atoms with van der Waals surface area (Å²) >= 11 is 0. The van der Waals surface area contributed by atoms with Gasteiger partial charge in [-0.3, -0.25) is 14.3 Å². The molecule has 0 radical (unpaired) electrons. The number of benzene rings is 2. The van der Waals surface area contributed by atoms with E-state index in [0.29, 0.717) is 12.2 Å². The van der Waals surface area contributed by atoms with Gasteiger partial charge in [-0.2, -0.15) is 18.3 Å². The van der Waals surface area contributed by atoms with E-state index in [1.807, 2.05) is 0 Å². The number of carbonyl (C=O) groups is 2. The Labute approximate surface area is 208 Å². The molecule has 0 saturated heterocycles. The fourth-order valence-corrected chi connectivity index (χ4v) is 3.83. The lowest BCUT2D eigenvalue weighted by Gasteiger charge is -2.12. The molecule has 0 aliphatic carbocycles. The molecule has 0 unspecified atom stereocenters. The number of hydrogen-bond acceptors (Lipinski definition) is 5. The number of pyridine rings is 1. The lowest BCUT2D eigenvalue weighted by Crippen LogP contribution is -2.19. The van der Waals surface area contributed by atoms with Gasteiger partial charge >= 0.3 is 6.18 Å². The van der Waals surface area contributed by atoms with E-state index in [4.69, 9.17) is 10.5 Å². The van der Waals surface area contributed by atoms with E-state index < -0.39 is 35.2 Å². The van der Waals surface area contributed by atoms with Crippen LogP contribution in [0.25, 0.3) is 10.9 Å². The zero-order chi connectivity index (χ0) is 26.9. The molecule has 0 saturated carbocycles. The van der Waals surface area contributed by atoms with E-state index in [-0.39, 0.29) is 34.4 Å². The van der Waals surface area contributed by atoms with Crippen molar-refractivity contribution in [3.05, 3.63) is 88.1 Å². The van der Waals surface area contributed by atoms with Crippen LogP contribution in [0.5, 0.6) is 0 Å². The number of amides is 2. The van der Waals surface area contributed by atoms with Gasteiger partial charge < -0.3 is 15.8 Å². The number of alkyl halides is 3. The molecule has 2 aromatic heterocycles. The molecule has 8 nitrogen and oxygen atoms in total. The number of fused-ring (bicyclic) bond motifs is 1. The standard InChI is InChI=1S/C25H21F4N5O3/c1-13-21(22(25(27,28)29)33-34(13)11-14-3-5-15(6-4-14)12-37-2)32-24(36)18-10-20(23(30)35)31-19-9-16(26)7-8-17(18)19/h3-10H,11-12H2,1-2H3,(H2,30,35)(H,32,36). The highest BCUT2D eigenvalue weighted by Crippen LogP contribution is 2.36. The second-order valence-corrected chi connectivity index (χ2v) is 8.25. The molecular formula is C25H21F4N5O3. The van der Waals surface area contributed by atoms with Gasteiger partial charge in [-0.05, 0) is 36.2 Å². The van der Waals surface area contributed by atoms with E-state index in [1.165, 1.54) is 13.0 Å². The van der Waals surface area contributed by atoms with Crippen molar-refractivity contribution in [2.45, 2.75) is 26.3 Å². The van der Waals surface area contributed by atoms with Gasteiger partial charge in [0.05, 0.1) is 35.6 Å². The van der Waals surface area contributed by atoms with Crippen LogP contribution in [0.15, 0.2) is 48.5 Å².